The molecule has 0 spiro atoms. The van der Waals surface area contributed by atoms with Gasteiger partial charge in [0, 0.05) is 13.6 Å². The molecule has 4 heteroatoms. The van der Waals surface area contributed by atoms with E-state index in [1.165, 1.54) is 37.9 Å². The zero-order valence-corrected chi connectivity index (χ0v) is 20.2. The molecule has 4 nitrogen and oxygen atoms in total. The second-order valence-electron chi connectivity index (χ2n) is 9.71. The van der Waals surface area contributed by atoms with E-state index in [9.17, 15) is 4.79 Å². The van der Waals surface area contributed by atoms with Crippen LogP contribution in [0.5, 0.6) is 0 Å². The van der Waals surface area contributed by atoms with Crippen LogP contribution in [0.25, 0.3) is 0 Å². The summed E-state index contributed by atoms with van der Waals surface area (Å²) in [5.41, 5.74) is 3.77. The topological polar surface area (TPSA) is 26.8 Å². The Morgan fingerprint density at radius 2 is 1.47 bits per heavy atom. The number of fused-ring (bicyclic) bond motifs is 1. The summed E-state index contributed by atoms with van der Waals surface area (Å²) in [7, 11) is 2.02. The molecule has 0 bridgehead atoms. The molecular weight excluding hydrogens is 418 g/mol. The lowest BCUT2D eigenvalue weighted by Crippen LogP contribution is -2.48. The molecule has 0 N–H and O–H groups in total. The summed E-state index contributed by atoms with van der Waals surface area (Å²) < 4.78 is 0. The van der Waals surface area contributed by atoms with E-state index in [1.54, 1.807) is 0 Å². The van der Waals surface area contributed by atoms with Crippen LogP contribution in [-0.2, 0) is 16.8 Å². The minimum absolute atomic E-state index is 0.164. The molecule has 1 fully saturated rings. The fourth-order valence-corrected chi connectivity index (χ4v) is 5.82. The Morgan fingerprint density at radius 3 is 2.21 bits per heavy atom. The summed E-state index contributed by atoms with van der Waals surface area (Å²) in [6.45, 7) is 4.12. The first-order chi connectivity index (χ1) is 16.7. The van der Waals surface area contributed by atoms with E-state index in [4.69, 9.17) is 0 Å². The molecule has 1 atom stereocenters. The van der Waals surface area contributed by atoms with Crippen LogP contribution in [0.1, 0.15) is 48.8 Å². The van der Waals surface area contributed by atoms with Gasteiger partial charge in [-0.05, 0) is 68.1 Å². The molecule has 0 aromatic heterocycles. The van der Waals surface area contributed by atoms with Crippen LogP contribution >= 0.6 is 0 Å². The molecule has 1 unspecified atom stereocenters. The lowest BCUT2D eigenvalue weighted by molar-refractivity contribution is -0.124. The number of carbonyl (C=O) groups is 1. The SMILES string of the molecule is CN(Cc1ccccc1)N1C(=O)C(CCCN2CCCCC2)(c2ccccc2)c2ccccc21. The van der Waals surface area contributed by atoms with Crippen molar-refractivity contribution in [1.82, 2.24) is 9.91 Å². The van der Waals surface area contributed by atoms with Crippen LogP contribution in [0.4, 0.5) is 5.69 Å². The average Bonchev–Trinajstić information content (AvgIpc) is 3.14. The van der Waals surface area contributed by atoms with E-state index in [0.717, 1.165) is 36.2 Å². The molecule has 0 radical (unpaired) electrons. The number of likely N-dealkylation sites (tertiary alicyclic amines) is 1. The smallest absolute Gasteiger partial charge is 0.256 e. The summed E-state index contributed by atoms with van der Waals surface area (Å²) in [5.74, 6) is 0.164. The predicted octanol–water partition coefficient (Wildman–Crippen LogP) is 5.63. The van der Waals surface area contributed by atoms with Gasteiger partial charge in [-0.15, -0.1) is 0 Å². The third-order valence-corrected chi connectivity index (χ3v) is 7.49. The van der Waals surface area contributed by atoms with Gasteiger partial charge in [0.25, 0.3) is 5.91 Å². The fraction of sp³-hybridized carbons (Fsp3) is 0.367. The van der Waals surface area contributed by atoms with Gasteiger partial charge in [0.15, 0.2) is 0 Å². The van der Waals surface area contributed by atoms with Gasteiger partial charge in [-0.2, -0.15) is 0 Å². The van der Waals surface area contributed by atoms with Crippen LogP contribution < -0.4 is 5.01 Å². The molecule has 0 saturated carbocycles. The predicted molar refractivity (Wildman–Crippen MR) is 139 cm³/mol. The molecule has 34 heavy (non-hydrogen) atoms. The number of hydrogen-bond donors (Lipinski definition) is 0. The van der Waals surface area contributed by atoms with Crippen molar-refractivity contribution in [2.75, 3.05) is 31.7 Å². The van der Waals surface area contributed by atoms with E-state index in [0.29, 0.717) is 6.54 Å². The van der Waals surface area contributed by atoms with Gasteiger partial charge >= 0.3 is 0 Å². The van der Waals surface area contributed by atoms with Crippen molar-refractivity contribution in [2.24, 2.45) is 0 Å². The fourth-order valence-electron chi connectivity index (χ4n) is 5.82. The molecule has 0 aliphatic carbocycles. The Bertz CT molecular complexity index is 1090. The Labute approximate surface area is 203 Å². The van der Waals surface area contributed by atoms with Crippen molar-refractivity contribution in [3.8, 4) is 0 Å². The molecular formula is C30H35N3O. The molecule has 1 amide bonds. The number of hydrogen-bond acceptors (Lipinski definition) is 3. The van der Waals surface area contributed by atoms with E-state index in [1.807, 2.05) is 30.3 Å². The van der Waals surface area contributed by atoms with E-state index < -0.39 is 5.41 Å². The number of benzene rings is 3. The van der Waals surface area contributed by atoms with Gasteiger partial charge in [0.05, 0.1) is 5.69 Å². The zero-order valence-electron chi connectivity index (χ0n) is 20.2. The Hall–Kier alpha value is -2.95. The monoisotopic (exact) mass is 453 g/mol. The Kier molecular flexibility index (Phi) is 6.80. The molecule has 3 aromatic rings. The minimum atomic E-state index is -0.654. The molecule has 2 aliphatic heterocycles. The van der Waals surface area contributed by atoms with Crippen LogP contribution in [0, 0.1) is 0 Å². The van der Waals surface area contributed by atoms with Gasteiger partial charge in [-0.1, -0.05) is 85.3 Å². The van der Waals surface area contributed by atoms with Gasteiger partial charge in [0.1, 0.15) is 5.41 Å². The largest absolute Gasteiger partial charge is 0.303 e. The molecule has 2 aliphatic rings. The van der Waals surface area contributed by atoms with Crippen molar-refractivity contribution in [3.05, 3.63) is 102 Å². The normalized spacial score (nSPS) is 20.6. The van der Waals surface area contributed by atoms with E-state index in [-0.39, 0.29) is 5.91 Å². The van der Waals surface area contributed by atoms with Crippen LogP contribution in [-0.4, -0.2) is 42.5 Å². The number of amides is 1. The highest BCUT2D eigenvalue weighted by molar-refractivity contribution is 6.09. The van der Waals surface area contributed by atoms with Crippen molar-refractivity contribution < 1.29 is 4.79 Å². The molecule has 176 valence electrons. The summed E-state index contributed by atoms with van der Waals surface area (Å²) >= 11 is 0. The molecule has 2 heterocycles. The van der Waals surface area contributed by atoms with Gasteiger partial charge in [0.2, 0.25) is 0 Å². The van der Waals surface area contributed by atoms with Crippen LogP contribution in [0.15, 0.2) is 84.9 Å². The maximum Gasteiger partial charge on any atom is 0.256 e. The zero-order chi connectivity index (χ0) is 23.4. The van der Waals surface area contributed by atoms with Crippen molar-refractivity contribution >= 4 is 11.6 Å². The second-order valence-corrected chi connectivity index (χ2v) is 9.71. The highest BCUT2D eigenvalue weighted by Crippen LogP contribution is 2.49. The molecule has 3 aromatic carbocycles. The lowest BCUT2D eigenvalue weighted by Gasteiger charge is -2.34. The maximum absolute atomic E-state index is 14.5. The number of anilines is 1. The molecule has 5 rings (SSSR count). The number of carbonyl (C=O) groups excluding carboxylic acids is 1. The summed E-state index contributed by atoms with van der Waals surface area (Å²) in [5, 5.41) is 4.00. The average molecular weight is 454 g/mol. The molecule has 1 saturated heterocycles. The van der Waals surface area contributed by atoms with Crippen LogP contribution in [0.3, 0.4) is 0 Å². The van der Waals surface area contributed by atoms with Crippen molar-refractivity contribution in [1.29, 1.82) is 0 Å². The van der Waals surface area contributed by atoms with Gasteiger partial charge in [-0.25, -0.2) is 10.0 Å². The first-order valence-electron chi connectivity index (χ1n) is 12.7. The highest BCUT2D eigenvalue weighted by atomic mass is 16.2. The second kappa shape index (κ2) is 10.1. The van der Waals surface area contributed by atoms with E-state index in [2.05, 4.69) is 76.6 Å². The number of nitrogens with zero attached hydrogens (tertiary/aromatic N) is 3. The standard InChI is InChI=1S/C30H35N3O/c1-31(24-25-14-5-2-6-15-25)33-28-19-10-9-18-27(28)30(29(33)34,26-16-7-3-8-17-26)20-13-23-32-21-11-4-12-22-32/h2-3,5-10,14-19H,4,11-13,20-24H2,1H3. The first kappa shape index (κ1) is 22.8. The lowest BCUT2D eigenvalue weighted by atomic mass is 9.72. The highest BCUT2D eigenvalue weighted by Gasteiger charge is 2.52. The Morgan fingerprint density at radius 1 is 0.824 bits per heavy atom. The maximum atomic E-state index is 14.5. The van der Waals surface area contributed by atoms with E-state index >= 15 is 0 Å². The van der Waals surface area contributed by atoms with Crippen molar-refractivity contribution in [2.45, 2.75) is 44.1 Å². The van der Waals surface area contributed by atoms with Gasteiger partial charge in [-0.3, -0.25) is 4.79 Å². The number of hydrazine groups is 1. The number of para-hydroxylation sites is 1. The quantitative estimate of drug-likeness (QED) is 0.442. The van der Waals surface area contributed by atoms with Crippen molar-refractivity contribution in [3.63, 3.8) is 0 Å². The third-order valence-electron chi connectivity index (χ3n) is 7.49. The van der Waals surface area contributed by atoms with Gasteiger partial charge < -0.3 is 4.90 Å². The first-order valence-corrected chi connectivity index (χ1v) is 12.7. The van der Waals surface area contributed by atoms with Crippen LogP contribution in [0.2, 0.25) is 0 Å². The summed E-state index contributed by atoms with van der Waals surface area (Å²) in [6, 6.07) is 29.2. The Balaban J connectivity index is 1.49. The minimum Gasteiger partial charge on any atom is -0.303 e. The number of piperidine rings is 1. The summed E-state index contributed by atoms with van der Waals surface area (Å²) in [4.78, 5) is 17.0. The number of rotatable bonds is 8. The third kappa shape index (κ3) is 4.28. The summed E-state index contributed by atoms with van der Waals surface area (Å²) in [6.07, 6.45) is 5.76.